The van der Waals surface area contributed by atoms with Gasteiger partial charge in [0.1, 0.15) is 11.6 Å². The summed E-state index contributed by atoms with van der Waals surface area (Å²) in [7, 11) is 0. The molecule has 0 aliphatic heterocycles. The predicted molar refractivity (Wildman–Crippen MR) is 73.7 cm³/mol. The second-order valence-electron chi connectivity index (χ2n) is 5.31. The molecule has 0 amide bonds. The lowest BCUT2D eigenvalue weighted by atomic mass is 9.90. The summed E-state index contributed by atoms with van der Waals surface area (Å²) in [5, 5.41) is 0. The molecule has 1 aliphatic rings. The smallest absolute Gasteiger partial charge is 0.169 e. The van der Waals surface area contributed by atoms with Crippen molar-refractivity contribution in [2.45, 2.75) is 39.0 Å². The van der Waals surface area contributed by atoms with E-state index in [0.29, 0.717) is 11.4 Å². The lowest BCUT2D eigenvalue weighted by Crippen LogP contribution is -2.17. The average Bonchev–Trinajstić information content (AvgIpc) is 2.64. The third-order valence-electron chi connectivity index (χ3n) is 4.02. The number of nitrogens with zero attached hydrogens (tertiary/aromatic N) is 1. The molecule has 0 radical (unpaired) electrons. The van der Waals surface area contributed by atoms with Gasteiger partial charge in [0.05, 0.1) is 5.56 Å². The van der Waals surface area contributed by atoms with Crippen molar-refractivity contribution in [3.63, 3.8) is 0 Å². The third-order valence-corrected chi connectivity index (χ3v) is 4.02. The van der Waals surface area contributed by atoms with Crippen LogP contribution in [0.25, 0.3) is 0 Å². The molecule has 1 aromatic rings. The van der Waals surface area contributed by atoms with Crippen LogP contribution in [0.5, 0.6) is 0 Å². The maximum absolute atomic E-state index is 12.4. The van der Waals surface area contributed by atoms with E-state index in [-0.39, 0.29) is 23.4 Å². The molecule has 0 bridgehead atoms. The average molecular weight is 260 g/mol. The van der Waals surface area contributed by atoms with Crippen LogP contribution >= 0.6 is 0 Å². The Kier molecular flexibility index (Phi) is 4.30. The van der Waals surface area contributed by atoms with Crippen molar-refractivity contribution in [3.8, 4) is 0 Å². The van der Waals surface area contributed by atoms with E-state index < -0.39 is 0 Å². The van der Waals surface area contributed by atoms with Gasteiger partial charge < -0.3 is 5.73 Å². The van der Waals surface area contributed by atoms with E-state index in [0.717, 1.165) is 32.1 Å². The molecule has 2 rings (SSSR count). The summed E-state index contributed by atoms with van der Waals surface area (Å²) in [4.78, 5) is 27.8. The molecule has 2 N–H and O–H groups in total. The number of aromatic nitrogens is 1. The van der Waals surface area contributed by atoms with Crippen LogP contribution in [0.4, 0.5) is 5.82 Å². The normalized spacial score (nSPS) is 23.6. The van der Waals surface area contributed by atoms with Crippen molar-refractivity contribution in [2.24, 2.45) is 11.8 Å². The Hall–Kier alpha value is -1.71. The zero-order valence-corrected chi connectivity index (χ0v) is 11.3. The molecule has 2 atom stereocenters. The molecule has 0 spiro atoms. The molecule has 1 fully saturated rings. The van der Waals surface area contributed by atoms with Crippen molar-refractivity contribution < 1.29 is 9.59 Å². The Morgan fingerprint density at radius 2 is 1.89 bits per heavy atom. The van der Waals surface area contributed by atoms with E-state index >= 15 is 0 Å². The van der Waals surface area contributed by atoms with Gasteiger partial charge in [0, 0.05) is 18.0 Å². The fraction of sp³-hybridized carbons (Fsp3) is 0.533. The first kappa shape index (κ1) is 13.7. The number of hydrogen-bond donors (Lipinski definition) is 1. The monoisotopic (exact) mass is 260 g/mol. The number of carbonyl (C=O) groups excluding carboxylic acids is 2. The quantitative estimate of drug-likeness (QED) is 0.669. The molecular formula is C15H20N2O2. The van der Waals surface area contributed by atoms with Crippen molar-refractivity contribution >= 4 is 17.4 Å². The van der Waals surface area contributed by atoms with Gasteiger partial charge in [-0.3, -0.25) is 9.59 Å². The molecule has 4 nitrogen and oxygen atoms in total. The molecular weight excluding hydrogens is 240 g/mol. The van der Waals surface area contributed by atoms with Gasteiger partial charge in [0.25, 0.3) is 0 Å². The first-order valence-electron chi connectivity index (χ1n) is 6.84. The summed E-state index contributed by atoms with van der Waals surface area (Å²) in [6, 6.07) is 3.47. The largest absolute Gasteiger partial charge is 0.383 e. The zero-order valence-electron chi connectivity index (χ0n) is 11.3. The van der Waals surface area contributed by atoms with Crippen LogP contribution in [0.3, 0.4) is 0 Å². The van der Waals surface area contributed by atoms with Crippen molar-refractivity contribution in [3.05, 3.63) is 23.9 Å². The van der Waals surface area contributed by atoms with E-state index in [2.05, 4.69) is 4.98 Å². The summed E-state index contributed by atoms with van der Waals surface area (Å²) >= 11 is 0. The third kappa shape index (κ3) is 3.19. The van der Waals surface area contributed by atoms with Crippen LogP contribution in [0.15, 0.2) is 18.3 Å². The first-order valence-corrected chi connectivity index (χ1v) is 6.84. The molecule has 1 aliphatic carbocycles. The van der Waals surface area contributed by atoms with Crippen molar-refractivity contribution in [2.75, 3.05) is 5.73 Å². The van der Waals surface area contributed by atoms with Crippen LogP contribution in [0.2, 0.25) is 0 Å². The lowest BCUT2D eigenvalue weighted by Gasteiger charge is -2.14. The number of nitrogen functional groups attached to an aromatic ring is 1. The molecule has 102 valence electrons. The maximum atomic E-state index is 12.4. The maximum Gasteiger partial charge on any atom is 0.169 e. The molecule has 1 heterocycles. The minimum Gasteiger partial charge on any atom is -0.383 e. The molecule has 1 aromatic heterocycles. The summed E-state index contributed by atoms with van der Waals surface area (Å²) in [5.41, 5.74) is 6.28. The van der Waals surface area contributed by atoms with Gasteiger partial charge in [0.15, 0.2) is 5.78 Å². The number of rotatable bonds is 3. The Balaban J connectivity index is 2.08. The Morgan fingerprint density at radius 3 is 2.58 bits per heavy atom. The summed E-state index contributed by atoms with van der Waals surface area (Å²) in [6.07, 6.45) is 5.85. The second kappa shape index (κ2) is 5.95. The number of anilines is 1. The standard InChI is InChI=1S/C15H20N2O2/c1-10(18)11-4-2-5-12(8-7-11)14(19)13-6-3-9-17-15(13)16/h3,6,9,11-12H,2,4-5,7-8H2,1H3,(H2,16,17). The number of nitrogens with two attached hydrogens (primary N) is 1. The van der Waals surface area contributed by atoms with E-state index in [9.17, 15) is 9.59 Å². The predicted octanol–water partition coefficient (Wildman–Crippen LogP) is 2.63. The van der Waals surface area contributed by atoms with Crippen molar-refractivity contribution in [1.29, 1.82) is 0 Å². The number of ketones is 2. The number of hydrogen-bond acceptors (Lipinski definition) is 4. The summed E-state index contributed by atoms with van der Waals surface area (Å²) in [6.45, 7) is 1.64. The highest BCUT2D eigenvalue weighted by molar-refractivity contribution is 6.01. The Morgan fingerprint density at radius 1 is 1.21 bits per heavy atom. The van der Waals surface area contributed by atoms with Gasteiger partial charge in [-0.2, -0.15) is 0 Å². The second-order valence-corrected chi connectivity index (χ2v) is 5.31. The lowest BCUT2D eigenvalue weighted by molar-refractivity contribution is -0.121. The minimum atomic E-state index is -0.0177. The number of pyridine rings is 1. The highest BCUT2D eigenvalue weighted by Gasteiger charge is 2.27. The molecule has 2 unspecified atom stereocenters. The van der Waals surface area contributed by atoms with Crippen molar-refractivity contribution in [1.82, 2.24) is 4.98 Å². The van der Waals surface area contributed by atoms with Gasteiger partial charge in [-0.25, -0.2) is 4.98 Å². The van der Waals surface area contributed by atoms with Crippen LogP contribution in [0, 0.1) is 11.8 Å². The van der Waals surface area contributed by atoms with Gasteiger partial charge in [-0.05, 0) is 44.7 Å². The topological polar surface area (TPSA) is 73.0 Å². The van der Waals surface area contributed by atoms with E-state index in [1.807, 2.05) is 0 Å². The van der Waals surface area contributed by atoms with E-state index in [1.54, 1.807) is 25.3 Å². The zero-order chi connectivity index (χ0) is 13.8. The van der Waals surface area contributed by atoms with E-state index in [4.69, 9.17) is 5.73 Å². The van der Waals surface area contributed by atoms with Crippen LogP contribution in [0.1, 0.15) is 49.4 Å². The number of carbonyl (C=O) groups is 2. The molecule has 1 saturated carbocycles. The van der Waals surface area contributed by atoms with Gasteiger partial charge in [-0.1, -0.05) is 6.42 Å². The first-order chi connectivity index (χ1) is 9.09. The van der Waals surface area contributed by atoms with Gasteiger partial charge in [0.2, 0.25) is 0 Å². The molecule has 0 aromatic carbocycles. The fourth-order valence-electron chi connectivity index (χ4n) is 2.82. The van der Waals surface area contributed by atoms with Gasteiger partial charge in [-0.15, -0.1) is 0 Å². The fourth-order valence-corrected chi connectivity index (χ4v) is 2.82. The Labute approximate surface area is 113 Å². The van der Waals surface area contributed by atoms with Crippen LogP contribution in [-0.4, -0.2) is 16.6 Å². The highest BCUT2D eigenvalue weighted by Crippen LogP contribution is 2.30. The summed E-state index contributed by atoms with van der Waals surface area (Å²) < 4.78 is 0. The van der Waals surface area contributed by atoms with Gasteiger partial charge >= 0.3 is 0 Å². The minimum absolute atomic E-state index is 0.0177. The molecule has 0 saturated heterocycles. The highest BCUT2D eigenvalue weighted by atomic mass is 16.1. The van der Waals surface area contributed by atoms with E-state index in [1.165, 1.54) is 0 Å². The Bertz CT molecular complexity index is 485. The molecule has 19 heavy (non-hydrogen) atoms. The number of Topliss-reactive ketones (excluding diaryl/α,β-unsaturated/α-hetero) is 2. The summed E-state index contributed by atoms with van der Waals surface area (Å²) in [5.74, 6) is 0.739. The van der Waals surface area contributed by atoms with Crippen LogP contribution < -0.4 is 5.73 Å². The molecule has 4 heteroatoms. The SMILES string of the molecule is CC(=O)C1CCCC(C(=O)c2cccnc2N)CC1. The van der Waals surface area contributed by atoms with Crippen LogP contribution in [-0.2, 0) is 4.79 Å².